The molecule has 0 aliphatic carbocycles. The number of hydrogen-bond acceptors (Lipinski definition) is 4. The zero-order chi connectivity index (χ0) is 23.1. The van der Waals surface area contributed by atoms with Crippen LogP contribution in [0.5, 0.6) is 11.5 Å². The van der Waals surface area contributed by atoms with Crippen LogP contribution in [0.15, 0.2) is 72.8 Å². The number of benzene rings is 3. The SMILES string of the molecule is COc1ccc(CN[C@H](C(=O)Nc2cccc(C(F)(F)F)c2)c2ccccc2)cc1OC. The summed E-state index contributed by atoms with van der Waals surface area (Å²) in [6, 6.07) is 18.1. The Morgan fingerprint density at radius 2 is 1.62 bits per heavy atom. The summed E-state index contributed by atoms with van der Waals surface area (Å²) >= 11 is 0. The van der Waals surface area contributed by atoms with Gasteiger partial charge < -0.3 is 14.8 Å². The maximum Gasteiger partial charge on any atom is 0.416 e. The molecule has 8 heteroatoms. The molecule has 5 nitrogen and oxygen atoms in total. The summed E-state index contributed by atoms with van der Waals surface area (Å²) in [6.07, 6.45) is -4.49. The van der Waals surface area contributed by atoms with Crippen LogP contribution in [-0.2, 0) is 17.5 Å². The summed E-state index contributed by atoms with van der Waals surface area (Å²) in [7, 11) is 3.07. The summed E-state index contributed by atoms with van der Waals surface area (Å²) in [5, 5.41) is 5.76. The molecule has 3 aromatic rings. The molecule has 0 heterocycles. The first kappa shape index (κ1) is 23.1. The number of alkyl halides is 3. The molecule has 0 saturated carbocycles. The van der Waals surface area contributed by atoms with Crippen LogP contribution in [0, 0.1) is 0 Å². The number of carbonyl (C=O) groups excluding carboxylic acids is 1. The van der Waals surface area contributed by atoms with Gasteiger partial charge in [-0.1, -0.05) is 42.5 Å². The second-order valence-electron chi connectivity index (χ2n) is 6.98. The predicted molar refractivity (Wildman–Crippen MR) is 116 cm³/mol. The maximum atomic E-state index is 13.0. The molecule has 168 valence electrons. The molecule has 0 bridgehead atoms. The van der Waals surface area contributed by atoms with Gasteiger partial charge in [0.05, 0.1) is 19.8 Å². The van der Waals surface area contributed by atoms with Crippen LogP contribution in [-0.4, -0.2) is 20.1 Å². The lowest BCUT2D eigenvalue weighted by Crippen LogP contribution is -2.32. The van der Waals surface area contributed by atoms with Crippen molar-refractivity contribution in [2.75, 3.05) is 19.5 Å². The van der Waals surface area contributed by atoms with Gasteiger partial charge in [0.2, 0.25) is 5.91 Å². The van der Waals surface area contributed by atoms with E-state index in [9.17, 15) is 18.0 Å². The number of halogens is 3. The minimum atomic E-state index is -4.49. The van der Waals surface area contributed by atoms with Gasteiger partial charge in [-0.05, 0) is 41.5 Å². The number of amides is 1. The van der Waals surface area contributed by atoms with Gasteiger partial charge in [0, 0.05) is 12.2 Å². The number of methoxy groups -OCH3 is 2. The summed E-state index contributed by atoms with van der Waals surface area (Å²) in [4.78, 5) is 13.0. The molecule has 0 radical (unpaired) electrons. The van der Waals surface area contributed by atoms with E-state index in [1.165, 1.54) is 19.2 Å². The van der Waals surface area contributed by atoms with Crippen LogP contribution < -0.4 is 20.1 Å². The van der Waals surface area contributed by atoms with E-state index in [-0.39, 0.29) is 5.69 Å². The van der Waals surface area contributed by atoms with E-state index in [4.69, 9.17) is 9.47 Å². The first-order chi connectivity index (χ1) is 15.3. The number of anilines is 1. The van der Waals surface area contributed by atoms with Gasteiger partial charge in [-0.15, -0.1) is 0 Å². The van der Waals surface area contributed by atoms with Crippen LogP contribution in [0.2, 0.25) is 0 Å². The summed E-state index contributed by atoms with van der Waals surface area (Å²) < 4.78 is 49.6. The zero-order valence-corrected chi connectivity index (χ0v) is 17.6. The molecule has 0 aliphatic heterocycles. The van der Waals surface area contributed by atoms with Gasteiger partial charge in [0.25, 0.3) is 0 Å². The van der Waals surface area contributed by atoms with Crippen LogP contribution >= 0.6 is 0 Å². The Hall–Kier alpha value is -3.52. The Kier molecular flexibility index (Phi) is 7.37. The monoisotopic (exact) mass is 444 g/mol. The molecule has 3 aromatic carbocycles. The highest BCUT2D eigenvalue weighted by molar-refractivity contribution is 5.95. The molecule has 0 saturated heterocycles. The lowest BCUT2D eigenvalue weighted by molar-refractivity contribution is -0.137. The zero-order valence-electron chi connectivity index (χ0n) is 17.6. The summed E-state index contributed by atoms with van der Waals surface area (Å²) in [5.74, 6) is 0.658. The van der Waals surface area contributed by atoms with Crippen LogP contribution in [0.1, 0.15) is 22.7 Å². The lowest BCUT2D eigenvalue weighted by Gasteiger charge is -2.20. The van der Waals surface area contributed by atoms with Crippen molar-refractivity contribution >= 4 is 11.6 Å². The van der Waals surface area contributed by atoms with Gasteiger partial charge in [0.15, 0.2) is 11.5 Å². The molecule has 0 aromatic heterocycles. The number of rotatable bonds is 8. The number of nitrogens with one attached hydrogen (secondary N) is 2. The normalized spacial score (nSPS) is 12.2. The van der Waals surface area contributed by atoms with E-state index in [0.717, 1.165) is 17.7 Å². The average Bonchev–Trinajstić information content (AvgIpc) is 2.79. The van der Waals surface area contributed by atoms with Gasteiger partial charge in [-0.25, -0.2) is 0 Å². The topological polar surface area (TPSA) is 59.6 Å². The fraction of sp³-hybridized carbons (Fsp3) is 0.208. The third-order valence-electron chi connectivity index (χ3n) is 4.81. The number of carbonyl (C=O) groups is 1. The van der Waals surface area contributed by atoms with E-state index in [2.05, 4.69) is 10.6 Å². The van der Waals surface area contributed by atoms with Crippen molar-refractivity contribution in [1.29, 1.82) is 0 Å². The Balaban J connectivity index is 1.80. The molecule has 32 heavy (non-hydrogen) atoms. The second-order valence-corrected chi connectivity index (χ2v) is 6.98. The molecule has 1 atom stereocenters. The number of ether oxygens (including phenoxy) is 2. The van der Waals surface area contributed by atoms with Crippen molar-refractivity contribution in [3.63, 3.8) is 0 Å². The van der Waals surface area contributed by atoms with Gasteiger partial charge in [-0.2, -0.15) is 13.2 Å². The van der Waals surface area contributed by atoms with Crippen LogP contribution in [0.3, 0.4) is 0 Å². The molecule has 2 N–H and O–H groups in total. The molecule has 0 unspecified atom stereocenters. The predicted octanol–water partition coefficient (Wildman–Crippen LogP) is 5.19. The van der Waals surface area contributed by atoms with Gasteiger partial charge >= 0.3 is 6.18 Å². The van der Waals surface area contributed by atoms with Crippen LogP contribution in [0.4, 0.5) is 18.9 Å². The highest BCUT2D eigenvalue weighted by atomic mass is 19.4. The maximum absolute atomic E-state index is 13.0. The van der Waals surface area contributed by atoms with E-state index in [1.807, 2.05) is 12.1 Å². The van der Waals surface area contributed by atoms with Crippen molar-refractivity contribution in [3.8, 4) is 11.5 Å². The Morgan fingerprint density at radius 1 is 0.906 bits per heavy atom. The summed E-state index contributed by atoms with van der Waals surface area (Å²) in [5.41, 5.74) is 0.761. The molecule has 0 aliphatic rings. The highest BCUT2D eigenvalue weighted by Crippen LogP contribution is 2.31. The minimum Gasteiger partial charge on any atom is -0.493 e. The second kappa shape index (κ2) is 10.2. The van der Waals surface area contributed by atoms with Crippen molar-refractivity contribution in [2.45, 2.75) is 18.8 Å². The first-order valence-electron chi connectivity index (χ1n) is 9.79. The van der Waals surface area contributed by atoms with Crippen molar-refractivity contribution in [1.82, 2.24) is 5.32 Å². The first-order valence-corrected chi connectivity index (χ1v) is 9.79. The Labute approximate surface area is 184 Å². The number of hydrogen-bond donors (Lipinski definition) is 2. The third kappa shape index (κ3) is 5.79. The van der Waals surface area contributed by atoms with Crippen molar-refractivity contribution in [3.05, 3.63) is 89.5 Å². The van der Waals surface area contributed by atoms with E-state index < -0.39 is 23.7 Å². The fourth-order valence-corrected chi connectivity index (χ4v) is 3.21. The van der Waals surface area contributed by atoms with Gasteiger partial charge in [0.1, 0.15) is 6.04 Å². The molecule has 0 spiro atoms. The smallest absolute Gasteiger partial charge is 0.416 e. The molecule has 0 fully saturated rings. The Morgan fingerprint density at radius 3 is 2.28 bits per heavy atom. The van der Waals surface area contributed by atoms with Crippen molar-refractivity contribution in [2.24, 2.45) is 0 Å². The fourth-order valence-electron chi connectivity index (χ4n) is 3.21. The Bertz CT molecular complexity index is 1060. The highest BCUT2D eigenvalue weighted by Gasteiger charge is 2.30. The molecular formula is C24H23F3N2O3. The quantitative estimate of drug-likeness (QED) is 0.502. The average molecular weight is 444 g/mol. The standard InChI is InChI=1S/C24H23F3N2O3/c1-31-20-12-11-16(13-21(20)32-2)15-28-22(17-7-4-3-5-8-17)23(30)29-19-10-6-9-18(14-19)24(25,26)27/h3-14,22,28H,15H2,1-2H3,(H,29,30)/t22-/m0/s1. The minimum absolute atomic E-state index is 0.0682. The largest absolute Gasteiger partial charge is 0.493 e. The van der Waals surface area contributed by atoms with Crippen molar-refractivity contribution < 1.29 is 27.4 Å². The third-order valence-corrected chi connectivity index (χ3v) is 4.81. The van der Waals surface area contributed by atoms with E-state index in [0.29, 0.717) is 23.6 Å². The van der Waals surface area contributed by atoms with Crippen LogP contribution in [0.25, 0.3) is 0 Å². The van der Waals surface area contributed by atoms with Gasteiger partial charge in [-0.3, -0.25) is 10.1 Å². The molecule has 3 rings (SSSR count). The van der Waals surface area contributed by atoms with E-state index >= 15 is 0 Å². The molecule has 1 amide bonds. The summed E-state index contributed by atoms with van der Waals surface area (Å²) in [6.45, 7) is 0.315. The molecular weight excluding hydrogens is 421 g/mol. The van der Waals surface area contributed by atoms with E-state index in [1.54, 1.807) is 43.5 Å². The lowest BCUT2D eigenvalue weighted by atomic mass is 10.0.